The molecule has 1 unspecified atom stereocenters. The normalized spacial score (nSPS) is 12.4. The van der Waals surface area contributed by atoms with Crippen LogP contribution in [0.1, 0.15) is 11.1 Å². The molecule has 0 aromatic heterocycles. The maximum absolute atomic E-state index is 13.2. The largest absolute Gasteiger partial charge is 0.340 e. The second kappa shape index (κ2) is 12.8. The Hall–Kier alpha value is -4.23. The van der Waals surface area contributed by atoms with Crippen LogP contribution < -0.4 is 32.5 Å². The molecule has 1 atom stereocenters. The number of hydrazine groups is 1. The molecule has 8 N–H and O–H groups in total. The van der Waals surface area contributed by atoms with Crippen LogP contribution in [0.2, 0.25) is 5.02 Å². The van der Waals surface area contributed by atoms with Crippen molar-refractivity contribution >= 4 is 57.2 Å². The van der Waals surface area contributed by atoms with Crippen LogP contribution in [0.25, 0.3) is 6.08 Å². The van der Waals surface area contributed by atoms with Crippen molar-refractivity contribution in [1.29, 1.82) is 0 Å². The van der Waals surface area contributed by atoms with Crippen molar-refractivity contribution in [3.63, 3.8) is 0 Å². The summed E-state index contributed by atoms with van der Waals surface area (Å²) in [7, 11) is -3.97. The Kier molecular flexibility index (Phi) is 9.57. The smallest absolute Gasteiger partial charge is 0.247 e. The van der Waals surface area contributed by atoms with E-state index >= 15 is 0 Å². The first-order chi connectivity index (χ1) is 18.1. The predicted molar refractivity (Wildman–Crippen MR) is 148 cm³/mol. The Morgan fingerprint density at radius 2 is 1.79 bits per heavy atom. The van der Waals surface area contributed by atoms with Crippen LogP contribution in [0.5, 0.6) is 0 Å². The van der Waals surface area contributed by atoms with Gasteiger partial charge in [-0.15, -0.1) is 0 Å². The number of nitrogens with zero attached hydrogens (tertiary/aromatic N) is 2. The second-order valence-corrected chi connectivity index (χ2v) is 10.0. The van der Waals surface area contributed by atoms with E-state index in [0.29, 0.717) is 16.3 Å². The van der Waals surface area contributed by atoms with E-state index in [9.17, 15) is 18.0 Å². The lowest BCUT2D eigenvalue weighted by atomic mass is 10.0. The first kappa shape index (κ1) is 28.3. The molecule has 0 heterocycles. The SMILES string of the molecule is N/N=C\N(N)c1ccc(Cl)cc1/C=C/C(=O)NC(Cc1ccccc1)C(=O)Nc1cccc(S(N)(=O)=O)c1. The zero-order valence-electron chi connectivity index (χ0n) is 20.0. The number of hydrazone groups is 1. The summed E-state index contributed by atoms with van der Waals surface area (Å²) in [6.07, 6.45) is 4.07. The maximum atomic E-state index is 13.2. The van der Waals surface area contributed by atoms with Gasteiger partial charge in [0.05, 0.1) is 10.6 Å². The molecule has 0 aliphatic heterocycles. The fraction of sp³-hybridized carbons (Fsp3) is 0.0800. The highest BCUT2D eigenvalue weighted by Crippen LogP contribution is 2.23. The van der Waals surface area contributed by atoms with Crippen molar-refractivity contribution in [2.45, 2.75) is 17.4 Å². The molecule has 3 aromatic rings. The molecule has 0 saturated heterocycles. The molecule has 0 aliphatic carbocycles. The highest BCUT2D eigenvalue weighted by atomic mass is 35.5. The van der Waals surface area contributed by atoms with Crippen molar-refractivity contribution < 1.29 is 18.0 Å². The molecule has 0 saturated carbocycles. The van der Waals surface area contributed by atoms with Gasteiger partial charge in [-0.25, -0.2) is 19.4 Å². The first-order valence-corrected chi connectivity index (χ1v) is 13.0. The van der Waals surface area contributed by atoms with Crippen molar-refractivity contribution in [3.05, 3.63) is 95.0 Å². The van der Waals surface area contributed by atoms with Gasteiger partial charge in [-0.2, -0.15) is 5.10 Å². The monoisotopic (exact) mass is 555 g/mol. The lowest BCUT2D eigenvalue weighted by Crippen LogP contribution is -2.44. The van der Waals surface area contributed by atoms with E-state index in [2.05, 4.69) is 15.7 Å². The molecule has 3 aromatic carbocycles. The Morgan fingerprint density at radius 1 is 1.05 bits per heavy atom. The lowest BCUT2D eigenvalue weighted by Gasteiger charge is -2.18. The van der Waals surface area contributed by atoms with Crippen molar-refractivity contribution in [2.24, 2.45) is 21.9 Å². The highest BCUT2D eigenvalue weighted by molar-refractivity contribution is 7.89. The van der Waals surface area contributed by atoms with Gasteiger partial charge >= 0.3 is 0 Å². The number of primary sulfonamides is 1. The lowest BCUT2D eigenvalue weighted by molar-refractivity contribution is -0.123. The summed E-state index contributed by atoms with van der Waals surface area (Å²) in [6.45, 7) is 0. The molecule has 0 radical (unpaired) electrons. The van der Waals surface area contributed by atoms with Gasteiger partial charge in [0.1, 0.15) is 12.4 Å². The molecule has 198 valence electrons. The van der Waals surface area contributed by atoms with Crippen molar-refractivity contribution in [3.8, 4) is 0 Å². The van der Waals surface area contributed by atoms with E-state index in [-0.39, 0.29) is 17.0 Å². The first-order valence-electron chi connectivity index (χ1n) is 11.1. The molecular formula is C25H26ClN7O4S. The number of rotatable bonds is 10. The van der Waals surface area contributed by atoms with Crippen LogP contribution in [0.15, 0.2) is 88.9 Å². The number of hydrogen-bond donors (Lipinski definition) is 5. The highest BCUT2D eigenvalue weighted by Gasteiger charge is 2.21. The molecule has 0 spiro atoms. The van der Waals surface area contributed by atoms with Gasteiger partial charge in [0.15, 0.2) is 0 Å². The number of halogens is 1. The second-order valence-electron chi connectivity index (χ2n) is 8.02. The Morgan fingerprint density at radius 3 is 2.47 bits per heavy atom. The van der Waals surface area contributed by atoms with E-state index in [0.717, 1.165) is 10.6 Å². The Labute approximate surface area is 225 Å². The van der Waals surface area contributed by atoms with Gasteiger partial charge in [0.25, 0.3) is 0 Å². The van der Waals surface area contributed by atoms with Gasteiger partial charge < -0.3 is 16.5 Å². The summed E-state index contributed by atoms with van der Waals surface area (Å²) in [5, 5.41) is 15.5. The summed E-state index contributed by atoms with van der Waals surface area (Å²) >= 11 is 6.10. The molecule has 3 rings (SSSR count). The molecule has 0 aliphatic rings. The number of hydrogen-bond acceptors (Lipinski definition) is 7. The summed E-state index contributed by atoms with van der Waals surface area (Å²) in [5.74, 6) is 9.95. The number of carbonyl (C=O) groups excluding carboxylic acids is 2. The van der Waals surface area contributed by atoms with E-state index in [1.807, 2.05) is 30.3 Å². The van der Waals surface area contributed by atoms with Crippen molar-refractivity contribution in [1.82, 2.24) is 5.32 Å². The van der Waals surface area contributed by atoms with E-state index in [4.69, 9.17) is 28.4 Å². The molecule has 11 nitrogen and oxygen atoms in total. The van der Waals surface area contributed by atoms with Crippen LogP contribution in [0.3, 0.4) is 0 Å². The number of amides is 2. The number of sulfonamides is 1. The summed E-state index contributed by atoms with van der Waals surface area (Å²) in [6, 6.07) is 18.4. The van der Waals surface area contributed by atoms with E-state index in [1.54, 1.807) is 18.2 Å². The van der Waals surface area contributed by atoms with Gasteiger partial charge in [0, 0.05) is 28.8 Å². The van der Waals surface area contributed by atoms with Crippen LogP contribution in [-0.2, 0) is 26.0 Å². The van der Waals surface area contributed by atoms with Gasteiger partial charge in [-0.05, 0) is 48.0 Å². The topological polar surface area (TPSA) is 186 Å². The quantitative estimate of drug-likeness (QED) is 0.0831. The van der Waals surface area contributed by atoms with Gasteiger partial charge in [-0.3, -0.25) is 14.6 Å². The minimum absolute atomic E-state index is 0.159. The minimum atomic E-state index is -3.97. The predicted octanol–water partition coefficient (Wildman–Crippen LogP) is 1.95. The van der Waals surface area contributed by atoms with Gasteiger partial charge in [-0.1, -0.05) is 48.0 Å². The zero-order valence-corrected chi connectivity index (χ0v) is 21.6. The molecule has 0 bridgehead atoms. The Balaban J connectivity index is 1.82. The fourth-order valence-corrected chi connectivity index (χ4v) is 4.19. The molecule has 38 heavy (non-hydrogen) atoms. The number of nitrogens with one attached hydrogen (secondary N) is 2. The molecule has 2 amide bonds. The van der Waals surface area contributed by atoms with Crippen LogP contribution in [0.4, 0.5) is 11.4 Å². The average Bonchev–Trinajstić information content (AvgIpc) is 2.87. The number of nitrogens with two attached hydrogens (primary N) is 3. The van der Waals surface area contributed by atoms with Crippen LogP contribution in [0, 0.1) is 0 Å². The maximum Gasteiger partial charge on any atom is 0.247 e. The van der Waals surface area contributed by atoms with Gasteiger partial charge in [0.2, 0.25) is 21.8 Å². The molecular weight excluding hydrogens is 530 g/mol. The average molecular weight is 556 g/mol. The third kappa shape index (κ3) is 8.15. The standard InChI is InChI=1S/C25H26ClN7O4S/c26-19-10-11-23(33(28)16-30-27)18(14-19)9-12-24(34)32-22(13-17-5-2-1-3-6-17)25(35)31-20-7-4-8-21(15-20)38(29,36)37/h1-12,14-16,22H,13,27-28H2,(H,31,35)(H,32,34)(H2,29,36,37)/b12-9+,30-16-. The summed E-state index contributed by atoms with van der Waals surface area (Å²) in [4.78, 5) is 25.8. The third-order valence-electron chi connectivity index (χ3n) is 5.22. The van der Waals surface area contributed by atoms with E-state index in [1.165, 1.54) is 42.8 Å². The minimum Gasteiger partial charge on any atom is -0.340 e. The Bertz CT molecular complexity index is 1460. The van der Waals surface area contributed by atoms with E-state index < -0.39 is 27.9 Å². The fourth-order valence-electron chi connectivity index (χ4n) is 3.45. The van der Waals surface area contributed by atoms with Crippen LogP contribution in [-0.4, -0.2) is 32.6 Å². The molecule has 13 heteroatoms. The zero-order chi connectivity index (χ0) is 27.7. The summed E-state index contributed by atoms with van der Waals surface area (Å²) < 4.78 is 23.3. The number of anilines is 2. The summed E-state index contributed by atoms with van der Waals surface area (Å²) in [5.41, 5.74) is 1.98. The number of carbonyl (C=O) groups is 2. The van der Waals surface area contributed by atoms with Crippen LogP contribution >= 0.6 is 11.6 Å². The van der Waals surface area contributed by atoms with Crippen molar-refractivity contribution in [2.75, 3.05) is 10.3 Å². The third-order valence-corrected chi connectivity index (χ3v) is 6.36. The molecule has 0 fully saturated rings. The number of benzene rings is 3.